The predicted octanol–water partition coefficient (Wildman–Crippen LogP) is 3.21. The Labute approximate surface area is 192 Å². The van der Waals surface area contributed by atoms with Crippen LogP contribution < -0.4 is 10.5 Å². The summed E-state index contributed by atoms with van der Waals surface area (Å²) in [6.07, 6.45) is 1.92. The van der Waals surface area contributed by atoms with Gasteiger partial charge in [0.25, 0.3) is 0 Å². The molecular formula is C22H28N4O4S2. The number of aromatic nitrogens is 2. The lowest BCUT2D eigenvalue weighted by Gasteiger charge is -2.10. The van der Waals surface area contributed by atoms with E-state index in [0.29, 0.717) is 17.2 Å². The predicted molar refractivity (Wildman–Crippen MR) is 126 cm³/mol. The van der Waals surface area contributed by atoms with E-state index in [1.807, 2.05) is 30.5 Å². The molecule has 0 atom stereocenters. The maximum atomic E-state index is 12.4. The Morgan fingerprint density at radius 3 is 2.53 bits per heavy atom. The number of phenols is 1. The molecule has 0 unspecified atom stereocenters. The molecular weight excluding hydrogens is 448 g/mol. The smallest absolute Gasteiger partial charge is 0.238 e. The average Bonchev–Trinajstić information content (AvgIpc) is 3.08. The first-order valence-electron chi connectivity index (χ1n) is 10.3. The van der Waals surface area contributed by atoms with Crippen LogP contribution in [-0.4, -0.2) is 34.7 Å². The molecule has 1 heterocycles. The summed E-state index contributed by atoms with van der Waals surface area (Å²) in [6.45, 7) is 6.82. The standard InChI is InChI=1S/C22H28N4O4S2/c1-4-5-8-26-19-7-6-17(32(23,29)30)11-18(19)25-22(26)31-13-20(27)24-12-16-9-14(2)21(28)15(3)10-16/h6-7,9-11,28H,4-5,8,12-13H2,1-3H3,(H,24,27)(H2,23,29,30). The van der Waals surface area contributed by atoms with Gasteiger partial charge in [-0.05, 0) is 55.2 Å². The van der Waals surface area contributed by atoms with Gasteiger partial charge in [0.1, 0.15) is 5.75 Å². The number of carbonyl (C=O) groups is 1. The fraction of sp³-hybridized carbons (Fsp3) is 0.364. The topological polar surface area (TPSA) is 127 Å². The van der Waals surface area contributed by atoms with Gasteiger partial charge in [-0.15, -0.1) is 0 Å². The summed E-state index contributed by atoms with van der Waals surface area (Å²) in [6, 6.07) is 8.35. The van der Waals surface area contributed by atoms with Gasteiger partial charge in [-0.3, -0.25) is 4.79 Å². The number of amides is 1. The van der Waals surface area contributed by atoms with Crippen LogP contribution in [0.15, 0.2) is 40.4 Å². The van der Waals surface area contributed by atoms with E-state index in [2.05, 4.69) is 17.2 Å². The fourth-order valence-corrected chi connectivity index (χ4v) is 4.84. The van der Waals surface area contributed by atoms with Gasteiger partial charge in [0, 0.05) is 13.1 Å². The van der Waals surface area contributed by atoms with Crippen LogP contribution >= 0.6 is 11.8 Å². The molecule has 2 aromatic carbocycles. The number of sulfonamides is 1. The molecule has 0 fully saturated rings. The summed E-state index contributed by atoms with van der Waals surface area (Å²) in [7, 11) is -3.82. The van der Waals surface area contributed by atoms with Gasteiger partial charge >= 0.3 is 0 Å². The van der Waals surface area contributed by atoms with E-state index in [9.17, 15) is 18.3 Å². The van der Waals surface area contributed by atoms with E-state index in [1.54, 1.807) is 6.07 Å². The van der Waals surface area contributed by atoms with Crippen molar-refractivity contribution in [3.05, 3.63) is 47.0 Å². The van der Waals surface area contributed by atoms with E-state index in [0.717, 1.165) is 41.6 Å². The number of thioether (sulfide) groups is 1. The van der Waals surface area contributed by atoms with E-state index < -0.39 is 10.0 Å². The molecule has 32 heavy (non-hydrogen) atoms. The minimum Gasteiger partial charge on any atom is -0.507 e. The second kappa shape index (κ2) is 9.93. The molecule has 0 saturated carbocycles. The number of unbranched alkanes of at least 4 members (excludes halogenated alkanes) is 1. The number of hydrogen-bond donors (Lipinski definition) is 3. The third kappa shape index (κ3) is 5.62. The maximum Gasteiger partial charge on any atom is 0.238 e. The Balaban J connectivity index is 1.73. The number of nitrogens with one attached hydrogen (secondary N) is 1. The first-order valence-corrected chi connectivity index (χ1v) is 12.8. The zero-order valence-corrected chi connectivity index (χ0v) is 20.0. The van der Waals surface area contributed by atoms with Crippen molar-refractivity contribution < 1.29 is 18.3 Å². The molecule has 0 aliphatic rings. The lowest BCUT2D eigenvalue weighted by molar-refractivity contribution is -0.118. The van der Waals surface area contributed by atoms with Crippen molar-refractivity contribution in [2.24, 2.45) is 5.14 Å². The molecule has 1 amide bonds. The Bertz CT molecular complexity index is 1230. The van der Waals surface area contributed by atoms with E-state index >= 15 is 0 Å². The molecule has 8 nitrogen and oxygen atoms in total. The maximum absolute atomic E-state index is 12.4. The third-order valence-corrected chi connectivity index (χ3v) is 7.01. The summed E-state index contributed by atoms with van der Waals surface area (Å²) in [5.74, 6) is 0.304. The minimum atomic E-state index is -3.82. The molecule has 4 N–H and O–H groups in total. The number of rotatable bonds is 9. The van der Waals surface area contributed by atoms with E-state index in [-0.39, 0.29) is 22.3 Å². The highest BCUT2D eigenvalue weighted by molar-refractivity contribution is 7.99. The average molecular weight is 477 g/mol. The summed E-state index contributed by atoms with van der Waals surface area (Å²) < 4.78 is 25.4. The number of nitrogens with zero attached hydrogens (tertiary/aromatic N) is 2. The Kier molecular flexibility index (Phi) is 7.47. The van der Waals surface area contributed by atoms with Gasteiger partial charge in [-0.2, -0.15) is 0 Å². The number of hydrogen-bond acceptors (Lipinski definition) is 6. The SMILES string of the molecule is CCCCn1c(SCC(=O)NCc2cc(C)c(O)c(C)c2)nc2cc(S(N)(=O)=O)ccc21. The van der Waals surface area contributed by atoms with Gasteiger partial charge < -0.3 is 15.0 Å². The van der Waals surface area contributed by atoms with Crippen LogP contribution in [0.1, 0.15) is 36.5 Å². The first kappa shape index (κ1) is 24.1. The molecule has 10 heteroatoms. The van der Waals surface area contributed by atoms with Gasteiger partial charge in [0.15, 0.2) is 5.16 Å². The Hall–Kier alpha value is -2.56. The van der Waals surface area contributed by atoms with Crippen LogP contribution in [0.2, 0.25) is 0 Å². The Morgan fingerprint density at radius 1 is 1.22 bits per heavy atom. The summed E-state index contributed by atoms with van der Waals surface area (Å²) in [5.41, 5.74) is 3.80. The second-order valence-corrected chi connectivity index (χ2v) is 10.2. The molecule has 0 aliphatic carbocycles. The van der Waals surface area contributed by atoms with Crippen LogP contribution in [0, 0.1) is 13.8 Å². The number of primary sulfonamides is 1. The number of carbonyl (C=O) groups excluding carboxylic acids is 1. The monoisotopic (exact) mass is 476 g/mol. The molecule has 3 aromatic rings. The fourth-order valence-electron chi connectivity index (χ4n) is 3.44. The molecule has 3 rings (SSSR count). The van der Waals surface area contributed by atoms with Gasteiger partial charge in [0.2, 0.25) is 15.9 Å². The molecule has 172 valence electrons. The third-order valence-electron chi connectivity index (χ3n) is 5.12. The van der Waals surface area contributed by atoms with Crippen molar-refractivity contribution >= 4 is 38.7 Å². The summed E-state index contributed by atoms with van der Waals surface area (Å²) in [4.78, 5) is 17.0. The number of aromatic hydroxyl groups is 1. The quantitative estimate of drug-likeness (QED) is 0.407. The second-order valence-electron chi connectivity index (χ2n) is 7.74. The number of aryl methyl sites for hydroxylation is 3. The van der Waals surface area contributed by atoms with Crippen molar-refractivity contribution in [1.82, 2.24) is 14.9 Å². The molecule has 0 radical (unpaired) electrons. The van der Waals surface area contributed by atoms with Crippen LogP contribution in [-0.2, 0) is 27.9 Å². The molecule has 0 bridgehead atoms. The van der Waals surface area contributed by atoms with Crippen LogP contribution in [0.4, 0.5) is 0 Å². The zero-order chi connectivity index (χ0) is 23.5. The number of fused-ring (bicyclic) bond motifs is 1. The molecule has 0 aliphatic heterocycles. The molecule has 0 spiro atoms. The number of phenolic OH excluding ortho intramolecular Hbond substituents is 1. The van der Waals surface area contributed by atoms with E-state index in [1.165, 1.54) is 23.9 Å². The van der Waals surface area contributed by atoms with Crippen LogP contribution in [0.25, 0.3) is 11.0 Å². The largest absolute Gasteiger partial charge is 0.507 e. The lowest BCUT2D eigenvalue weighted by atomic mass is 10.1. The minimum absolute atomic E-state index is 0.0129. The number of imidazole rings is 1. The highest BCUT2D eigenvalue weighted by atomic mass is 32.2. The Morgan fingerprint density at radius 2 is 1.91 bits per heavy atom. The highest BCUT2D eigenvalue weighted by Crippen LogP contribution is 2.27. The van der Waals surface area contributed by atoms with Gasteiger partial charge in [-0.25, -0.2) is 18.5 Å². The first-order chi connectivity index (χ1) is 15.1. The van der Waals surface area contributed by atoms with Crippen molar-refractivity contribution in [1.29, 1.82) is 0 Å². The van der Waals surface area contributed by atoms with Crippen molar-refractivity contribution in [2.45, 2.75) is 56.8 Å². The molecule has 1 aromatic heterocycles. The normalized spacial score (nSPS) is 11.8. The van der Waals surface area contributed by atoms with Crippen LogP contribution in [0.3, 0.4) is 0 Å². The van der Waals surface area contributed by atoms with Gasteiger partial charge in [0.05, 0.1) is 21.7 Å². The lowest BCUT2D eigenvalue weighted by Crippen LogP contribution is -2.24. The van der Waals surface area contributed by atoms with Crippen molar-refractivity contribution in [3.8, 4) is 5.75 Å². The highest BCUT2D eigenvalue weighted by Gasteiger charge is 2.16. The van der Waals surface area contributed by atoms with Crippen molar-refractivity contribution in [3.63, 3.8) is 0 Å². The van der Waals surface area contributed by atoms with Gasteiger partial charge in [-0.1, -0.05) is 37.2 Å². The summed E-state index contributed by atoms with van der Waals surface area (Å²) >= 11 is 1.31. The molecule has 0 saturated heterocycles. The van der Waals surface area contributed by atoms with E-state index in [4.69, 9.17) is 5.14 Å². The van der Waals surface area contributed by atoms with Crippen LogP contribution in [0.5, 0.6) is 5.75 Å². The number of benzene rings is 2. The summed E-state index contributed by atoms with van der Waals surface area (Å²) in [5, 5.41) is 18.7. The number of nitrogens with two attached hydrogens (primary N) is 1. The van der Waals surface area contributed by atoms with Crippen molar-refractivity contribution in [2.75, 3.05) is 5.75 Å². The zero-order valence-electron chi connectivity index (χ0n) is 18.4.